The van der Waals surface area contributed by atoms with Crippen molar-refractivity contribution in [1.29, 1.82) is 0 Å². The molecule has 0 saturated carbocycles. The van der Waals surface area contributed by atoms with Crippen molar-refractivity contribution in [3.8, 4) is 5.75 Å². The predicted octanol–water partition coefficient (Wildman–Crippen LogP) is 4.98. The maximum absolute atomic E-state index is 5.95. The molecule has 100 valence electrons. The Labute approximate surface area is 126 Å². The van der Waals surface area contributed by atoms with E-state index in [2.05, 4.69) is 21.2 Å². The molecule has 2 rings (SSSR count). The fraction of sp³-hybridized carbons (Fsp3) is 0.200. The summed E-state index contributed by atoms with van der Waals surface area (Å²) in [5.41, 5.74) is 1.01. The number of hydrogen-bond acceptors (Lipinski definition) is 2. The van der Waals surface area contributed by atoms with Gasteiger partial charge in [0, 0.05) is 21.7 Å². The molecule has 0 bridgehead atoms. The molecular formula is C15H15BrClNO. The summed E-state index contributed by atoms with van der Waals surface area (Å²) < 4.78 is 6.63. The number of ether oxygens (including phenoxy) is 1. The molecule has 0 amide bonds. The summed E-state index contributed by atoms with van der Waals surface area (Å²) in [7, 11) is 0. The lowest BCUT2D eigenvalue weighted by Crippen LogP contribution is -2.07. The minimum atomic E-state index is 0.690. The van der Waals surface area contributed by atoms with Crippen LogP contribution in [0.4, 0.5) is 5.69 Å². The van der Waals surface area contributed by atoms with Crippen LogP contribution in [0.15, 0.2) is 53.0 Å². The first-order valence-electron chi connectivity index (χ1n) is 6.12. The first-order valence-corrected chi connectivity index (χ1v) is 7.29. The highest BCUT2D eigenvalue weighted by Crippen LogP contribution is 2.25. The molecule has 2 aromatic rings. The smallest absolute Gasteiger partial charge is 0.119 e. The van der Waals surface area contributed by atoms with Crippen LogP contribution in [0.25, 0.3) is 0 Å². The molecule has 0 spiro atoms. The SMILES string of the molecule is Clc1ccc(Br)c(NCCCOc2ccccc2)c1. The van der Waals surface area contributed by atoms with Gasteiger partial charge in [0.2, 0.25) is 0 Å². The summed E-state index contributed by atoms with van der Waals surface area (Å²) in [6.07, 6.45) is 0.924. The van der Waals surface area contributed by atoms with Gasteiger partial charge in [0.05, 0.1) is 6.61 Å². The van der Waals surface area contributed by atoms with E-state index in [1.165, 1.54) is 0 Å². The van der Waals surface area contributed by atoms with Crippen LogP contribution in [0.5, 0.6) is 5.75 Å². The van der Waals surface area contributed by atoms with E-state index in [4.69, 9.17) is 16.3 Å². The average Bonchev–Trinajstić information content (AvgIpc) is 2.43. The number of hydrogen-bond donors (Lipinski definition) is 1. The molecule has 19 heavy (non-hydrogen) atoms. The minimum absolute atomic E-state index is 0.690. The maximum atomic E-state index is 5.95. The molecule has 2 aromatic carbocycles. The summed E-state index contributed by atoms with van der Waals surface area (Å²) >= 11 is 9.44. The van der Waals surface area contributed by atoms with Gasteiger partial charge in [-0.25, -0.2) is 0 Å². The summed E-state index contributed by atoms with van der Waals surface area (Å²) in [4.78, 5) is 0. The lowest BCUT2D eigenvalue weighted by molar-refractivity contribution is 0.315. The van der Waals surface area contributed by atoms with Crippen LogP contribution >= 0.6 is 27.5 Å². The second-order valence-electron chi connectivity index (χ2n) is 4.07. The molecule has 0 aliphatic heterocycles. The molecule has 0 fully saturated rings. The first kappa shape index (κ1) is 14.2. The third-order valence-electron chi connectivity index (χ3n) is 2.58. The van der Waals surface area contributed by atoms with E-state index >= 15 is 0 Å². The van der Waals surface area contributed by atoms with Crippen LogP contribution in [0, 0.1) is 0 Å². The highest BCUT2D eigenvalue weighted by atomic mass is 79.9. The number of halogens is 2. The van der Waals surface area contributed by atoms with Gasteiger partial charge < -0.3 is 10.1 Å². The van der Waals surface area contributed by atoms with E-state index in [1.807, 2.05) is 48.5 Å². The normalized spacial score (nSPS) is 10.2. The van der Waals surface area contributed by atoms with Crippen LogP contribution in [-0.4, -0.2) is 13.2 Å². The zero-order valence-corrected chi connectivity index (χ0v) is 12.7. The number of rotatable bonds is 6. The van der Waals surface area contributed by atoms with Crippen molar-refractivity contribution in [3.63, 3.8) is 0 Å². The summed E-state index contributed by atoms with van der Waals surface area (Å²) in [6.45, 7) is 1.53. The summed E-state index contributed by atoms with van der Waals surface area (Å²) in [6, 6.07) is 15.5. The van der Waals surface area contributed by atoms with Gasteiger partial charge in [0.1, 0.15) is 5.75 Å². The van der Waals surface area contributed by atoms with Gasteiger partial charge in [0.15, 0.2) is 0 Å². The van der Waals surface area contributed by atoms with Crippen LogP contribution in [0.3, 0.4) is 0 Å². The molecule has 0 saturated heterocycles. The largest absolute Gasteiger partial charge is 0.494 e. The monoisotopic (exact) mass is 339 g/mol. The molecule has 0 aliphatic carbocycles. The zero-order chi connectivity index (χ0) is 13.5. The lowest BCUT2D eigenvalue weighted by Gasteiger charge is -2.10. The highest BCUT2D eigenvalue weighted by molar-refractivity contribution is 9.10. The van der Waals surface area contributed by atoms with Gasteiger partial charge in [-0.15, -0.1) is 0 Å². The van der Waals surface area contributed by atoms with Gasteiger partial charge in [-0.3, -0.25) is 0 Å². The maximum Gasteiger partial charge on any atom is 0.119 e. The Morgan fingerprint density at radius 2 is 1.89 bits per heavy atom. The van der Waals surface area contributed by atoms with Crippen molar-refractivity contribution in [1.82, 2.24) is 0 Å². The van der Waals surface area contributed by atoms with Gasteiger partial charge in [-0.05, 0) is 52.7 Å². The lowest BCUT2D eigenvalue weighted by atomic mass is 10.3. The second-order valence-corrected chi connectivity index (χ2v) is 5.36. The van der Waals surface area contributed by atoms with Crippen LogP contribution in [0.2, 0.25) is 5.02 Å². The number of nitrogens with one attached hydrogen (secondary N) is 1. The Bertz CT molecular complexity index is 519. The van der Waals surface area contributed by atoms with Gasteiger partial charge in [-0.2, -0.15) is 0 Å². The van der Waals surface area contributed by atoms with Crippen LogP contribution in [0.1, 0.15) is 6.42 Å². The predicted molar refractivity (Wildman–Crippen MR) is 84.2 cm³/mol. The number of benzene rings is 2. The molecule has 1 N–H and O–H groups in total. The summed E-state index contributed by atoms with van der Waals surface area (Å²) in [5.74, 6) is 0.909. The Morgan fingerprint density at radius 3 is 2.68 bits per heavy atom. The fourth-order valence-corrected chi connectivity index (χ4v) is 2.19. The third kappa shape index (κ3) is 4.77. The van der Waals surface area contributed by atoms with E-state index in [0.717, 1.165) is 33.9 Å². The van der Waals surface area contributed by atoms with E-state index < -0.39 is 0 Å². The molecule has 0 radical (unpaired) electrons. The van der Waals surface area contributed by atoms with Crippen molar-refractivity contribution in [2.75, 3.05) is 18.5 Å². The Balaban J connectivity index is 1.71. The molecule has 2 nitrogen and oxygen atoms in total. The average molecular weight is 341 g/mol. The highest BCUT2D eigenvalue weighted by Gasteiger charge is 2.00. The van der Waals surface area contributed by atoms with E-state index in [0.29, 0.717) is 6.61 Å². The van der Waals surface area contributed by atoms with E-state index in [1.54, 1.807) is 0 Å². The molecule has 0 aliphatic rings. The molecular weight excluding hydrogens is 326 g/mol. The Hall–Kier alpha value is -1.19. The van der Waals surface area contributed by atoms with Crippen molar-refractivity contribution in [2.45, 2.75) is 6.42 Å². The van der Waals surface area contributed by atoms with Crippen molar-refractivity contribution >= 4 is 33.2 Å². The number of para-hydroxylation sites is 1. The number of anilines is 1. The van der Waals surface area contributed by atoms with Gasteiger partial charge >= 0.3 is 0 Å². The fourth-order valence-electron chi connectivity index (χ4n) is 1.63. The van der Waals surface area contributed by atoms with Crippen LogP contribution in [-0.2, 0) is 0 Å². The summed E-state index contributed by atoms with van der Waals surface area (Å²) in [5, 5.41) is 4.06. The van der Waals surface area contributed by atoms with Crippen molar-refractivity contribution in [3.05, 3.63) is 58.0 Å². The molecule has 0 heterocycles. The van der Waals surface area contributed by atoms with Gasteiger partial charge in [0.25, 0.3) is 0 Å². The molecule has 4 heteroatoms. The third-order valence-corrected chi connectivity index (χ3v) is 3.50. The Kier molecular flexibility index (Phi) is 5.55. The minimum Gasteiger partial charge on any atom is -0.494 e. The standard InChI is InChI=1S/C15H15BrClNO/c16-14-8-7-12(17)11-15(14)18-9-4-10-19-13-5-2-1-3-6-13/h1-3,5-8,11,18H,4,9-10H2. The van der Waals surface area contributed by atoms with Crippen LogP contribution < -0.4 is 10.1 Å². The van der Waals surface area contributed by atoms with Crippen molar-refractivity contribution in [2.24, 2.45) is 0 Å². The quantitative estimate of drug-likeness (QED) is 0.749. The van der Waals surface area contributed by atoms with Crippen molar-refractivity contribution < 1.29 is 4.74 Å². The molecule has 0 unspecified atom stereocenters. The van der Waals surface area contributed by atoms with E-state index in [9.17, 15) is 0 Å². The first-order chi connectivity index (χ1) is 9.25. The topological polar surface area (TPSA) is 21.3 Å². The zero-order valence-electron chi connectivity index (χ0n) is 10.4. The second kappa shape index (κ2) is 7.41. The molecule has 0 aromatic heterocycles. The van der Waals surface area contributed by atoms with Gasteiger partial charge in [-0.1, -0.05) is 29.8 Å². The Morgan fingerprint density at radius 1 is 1.11 bits per heavy atom. The molecule has 0 atom stereocenters. The van der Waals surface area contributed by atoms with E-state index in [-0.39, 0.29) is 0 Å².